The van der Waals surface area contributed by atoms with Gasteiger partial charge < -0.3 is 31.5 Å². The largest absolute Gasteiger partial charge is 1.00 e. The highest BCUT2D eigenvalue weighted by atomic mass is 35.5. The SMILES string of the molecule is C=C(C)[C@@H]1CC[C@]2(CO)CC[C@]3(C)C(CCC4[C@@]5(C)CCC(OC(=O)C[N+]6(C)CCOCC6)C(C)(C)C5CC[C@]43C)C12.[Cl-]. The summed E-state index contributed by atoms with van der Waals surface area (Å²) in [5.74, 6) is 3.08. The van der Waals surface area contributed by atoms with Crippen LogP contribution in [0, 0.1) is 56.7 Å². The molecule has 5 unspecified atom stereocenters. The van der Waals surface area contributed by atoms with Crippen molar-refractivity contribution in [3.63, 3.8) is 0 Å². The van der Waals surface area contributed by atoms with E-state index in [2.05, 4.69) is 55.2 Å². The fraction of sp³-hybridized carbons (Fsp3) is 0.919. The number of quaternary nitrogens is 1. The summed E-state index contributed by atoms with van der Waals surface area (Å²) in [6, 6.07) is 0. The monoisotopic (exact) mass is 619 g/mol. The Morgan fingerprint density at radius 2 is 1.60 bits per heavy atom. The number of aliphatic hydroxyl groups is 1. The van der Waals surface area contributed by atoms with Gasteiger partial charge in [0.15, 0.2) is 6.54 Å². The van der Waals surface area contributed by atoms with Crippen LogP contribution in [0.15, 0.2) is 12.2 Å². The number of rotatable bonds is 5. The van der Waals surface area contributed by atoms with Crippen molar-refractivity contribution in [2.24, 2.45) is 56.7 Å². The topological polar surface area (TPSA) is 55.8 Å². The van der Waals surface area contributed by atoms with Crippen LogP contribution in [-0.4, -0.2) is 68.2 Å². The van der Waals surface area contributed by atoms with E-state index in [0.29, 0.717) is 53.6 Å². The molecule has 5 saturated carbocycles. The predicted molar refractivity (Wildman–Crippen MR) is 168 cm³/mol. The molecule has 5 nitrogen and oxygen atoms in total. The minimum absolute atomic E-state index is 0. The summed E-state index contributed by atoms with van der Waals surface area (Å²) in [4.78, 5) is 13.3. The van der Waals surface area contributed by atoms with Crippen molar-refractivity contribution in [1.82, 2.24) is 0 Å². The van der Waals surface area contributed by atoms with Gasteiger partial charge in [-0.05, 0) is 122 Å². The number of hydrogen-bond acceptors (Lipinski definition) is 4. The van der Waals surface area contributed by atoms with E-state index >= 15 is 0 Å². The normalized spacial score (nSPS) is 48.0. The van der Waals surface area contributed by atoms with Gasteiger partial charge in [0.1, 0.15) is 19.2 Å². The number of allylic oxidation sites excluding steroid dienone is 1. The molecule has 0 aromatic heterocycles. The molecule has 6 aliphatic rings. The molecule has 0 bridgehead atoms. The number of carbonyl (C=O) groups is 1. The number of halogens is 1. The Kier molecular flexibility index (Phi) is 8.84. The van der Waals surface area contributed by atoms with Crippen LogP contribution in [0.2, 0.25) is 0 Å². The molecular weight excluding hydrogens is 558 g/mol. The van der Waals surface area contributed by atoms with E-state index < -0.39 is 0 Å². The highest BCUT2D eigenvalue weighted by molar-refractivity contribution is 5.71. The Balaban J connectivity index is 0.00000368. The standard InChI is InChI=1S/C37H62NO4.ClH/c1-25(2)26-11-16-37(24-39)18-17-35(6)27(32(26)37)9-10-29-34(5)14-13-30(33(3,4)28(34)12-15-36(29,35)7)42-31(40)23-38(8)19-21-41-22-20-38;/h26-30,32,39H,1,9-24H2,2-8H3;1H/q+1;/p-1/t26-,27?,28?,29?,30?,32?,34-,35+,36+,37+;/m0./s1. The summed E-state index contributed by atoms with van der Waals surface area (Å²) in [5, 5.41) is 10.8. The van der Waals surface area contributed by atoms with Crippen LogP contribution in [-0.2, 0) is 14.3 Å². The first kappa shape index (κ1) is 33.7. The van der Waals surface area contributed by atoms with Crippen LogP contribution in [0.5, 0.6) is 0 Å². The van der Waals surface area contributed by atoms with Crippen molar-refractivity contribution in [2.75, 3.05) is 46.5 Å². The van der Waals surface area contributed by atoms with Gasteiger partial charge in [-0.1, -0.05) is 46.8 Å². The average molecular weight is 620 g/mol. The second-order valence-electron chi connectivity index (χ2n) is 17.9. The molecule has 10 atom stereocenters. The highest BCUT2D eigenvalue weighted by Gasteiger charge is 2.71. The molecule has 43 heavy (non-hydrogen) atoms. The Labute approximate surface area is 268 Å². The van der Waals surface area contributed by atoms with Crippen molar-refractivity contribution in [1.29, 1.82) is 0 Å². The number of hydrogen-bond donors (Lipinski definition) is 1. The molecule has 1 heterocycles. The Morgan fingerprint density at radius 3 is 2.26 bits per heavy atom. The molecule has 1 N–H and O–H groups in total. The van der Waals surface area contributed by atoms with Crippen LogP contribution in [0.25, 0.3) is 0 Å². The lowest BCUT2D eigenvalue weighted by Gasteiger charge is -2.73. The van der Waals surface area contributed by atoms with Gasteiger partial charge >= 0.3 is 5.97 Å². The van der Waals surface area contributed by atoms with E-state index in [1.165, 1.54) is 63.4 Å². The molecule has 0 amide bonds. The molecule has 0 aromatic carbocycles. The minimum atomic E-state index is -0.0273. The lowest BCUT2D eigenvalue weighted by molar-refractivity contribution is -0.910. The Hall–Kier alpha value is -0.620. The molecular formula is C37H62ClNO4. The molecule has 246 valence electrons. The van der Waals surface area contributed by atoms with Gasteiger partial charge in [-0.3, -0.25) is 0 Å². The highest BCUT2D eigenvalue weighted by Crippen LogP contribution is 2.77. The summed E-state index contributed by atoms with van der Waals surface area (Å²) >= 11 is 0. The van der Waals surface area contributed by atoms with Crippen LogP contribution in [0.1, 0.15) is 106 Å². The number of likely N-dealkylation sites (N-methyl/N-ethyl adjacent to an activating group) is 1. The van der Waals surface area contributed by atoms with Gasteiger partial charge in [0, 0.05) is 12.0 Å². The quantitative estimate of drug-likeness (QED) is 0.287. The summed E-state index contributed by atoms with van der Waals surface area (Å²) in [7, 11) is 2.17. The van der Waals surface area contributed by atoms with Crippen molar-refractivity contribution in [2.45, 2.75) is 112 Å². The second kappa shape index (κ2) is 11.3. The molecule has 6 rings (SSSR count). The van der Waals surface area contributed by atoms with E-state index in [-0.39, 0.29) is 40.7 Å². The number of aliphatic hydroxyl groups excluding tert-OH is 1. The maximum atomic E-state index is 13.3. The lowest BCUT2D eigenvalue weighted by Crippen LogP contribution is -3.00. The smallest absolute Gasteiger partial charge is 0.362 e. The summed E-state index contributed by atoms with van der Waals surface area (Å²) in [6.45, 7) is 23.6. The summed E-state index contributed by atoms with van der Waals surface area (Å²) < 4.78 is 12.7. The van der Waals surface area contributed by atoms with Gasteiger partial charge in [-0.25, -0.2) is 4.79 Å². The van der Waals surface area contributed by atoms with Gasteiger partial charge in [0.05, 0.1) is 20.3 Å². The third kappa shape index (κ3) is 4.91. The second-order valence-corrected chi connectivity index (χ2v) is 17.9. The van der Waals surface area contributed by atoms with Crippen molar-refractivity contribution < 1.29 is 36.3 Å². The molecule has 5 aliphatic carbocycles. The van der Waals surface area contributed by atoms with E-state index in [0.717, 1.165) is 37.2 Å². The average Bonchev–Trinajstić information content (AvgIpc) is 3.31. The molecule has 0 radical (unpaired) electrons. The lowest BCUT2D eigenvalue weighted by atomic mass is 9.32. The maximum Gasteiger partial charge on any atom is 0.362 e. The number of nitrogens with zero attached hydrogens (tertiary/aromatic N) is 1. The van der Waals surface area contributed by atoms with Crippen molar-refractivity contribution >= 4 is 5.97 Å². The van der Waals surface area contributed by atoms with E-state index in [4.69, 9.17) is 9.47 Å². The molecule has 0 spiro atoms. The van der Waals surface area contributed by atoms with Crippen LogP contribution >= 0.6 is 0 Å². The van der Waals surface area contributed by atoms with Gasteiger partial charge in [-0.2, -0.15) is 0 Å². The first-order valence-electron chi connectivity index (χ1n) is 17.5. The molecule has 6 fully saturated rings. The van der Waals surface area contributed by atoms with Gasteiger partial charge in [-0.15, -0.1) is 0 Å². The molecule has 1 aliphatic heterocycles. The van der Waals surface area contributed by atoms with Crippen LogP contribution in [0.3, 0.4) is 0 Å². The third-order valence-corrected chi connectivity index (χ3v) is 15.8. The van der Waals surface area contributed by atoms with E-state index in [9.17, 15) is 9.90 Å². The summed E-state index contributed by atoms with van der Waals surface area (Å²) in [6.07, 6.45) is 12.1. The zero-order chi connectivity index (χ0) is 30.3. The zero-order valence-corrected chi connectivity index (χ0v) is 29.2. The summed E-state index contributed by atoms with van der Waals surface area (Å²) in [5.41, 5.74) is 2.31. The van der Waals surface area contributed by atoms with E-state index in [1.807, 2.05) is 0 Å². The number of ether oxygens (including phenoxy) is 2. The Morgan fingerprint density at radius 1 is 0.907 bits per heavy atom. The number of esters is 1. The molecule has 6 heteroatoms. The minimum Gasteiger partial charge on any atom is -1.00 e. The fourth-order valence-electron chi connectivity index (χ4n) is 13.2. The first-order valence-corrected chi connectivity index (χ1v) is 17.5. The zero-order valence-electron chi connectivity index (χ0n) is 28.5. The number of morpholine rings is 1. The molecule has 1 saturated heterocycles. The van der Waals surface area contributed by atoms with Gasteiger partial charge in [0.25, 0.3) is 0 Å². The Bertz CT molecular complexity index is 1090. The van der Waals surface area contributed by atoms with Crippen molar-refractivity contribution in [3.8, 4) is 0 Å². The van der Waals surface area contributed by atoms with E-state index in [1.54, 1.807) is 0 Å². The predicted octanol–water partition coefficient (Wildman–Crippen LogP) is 4.03. The number of carbonyl (C=O) groups excluding carboxylic acids is 1. The van der Waals surface area contributed by atoms with Crippen LogP contribution < -0.4 is 12.4 Å². The van der Waals surface area contributed by atoms with Crippen molar-refractivity contribution in [3.05, 3.63) is 12.2 Å². The molecule has 0 aromatic rings. The number of fused-ring (bicyclic) bond motifs is 7. The third-order valence-electron chi connectivity index (χ3n) is 15.8. The maximum absolute atomic E-state index is 13.3. The first-order chi connectivity index (χ1) is 19.7. The van der Waals surface area contributed by atoms with Gasteiger partial charge in [0.2, 0.25) is 0 Å². The fourth-order valence-corrected chi connectivity index (χ4v) is 13.2. The van der Waals surface area contributed by atoms with Crippen LogP contribution in [0.4, 0.5) is 0 Å².